The fraction of sp³-hybridized carbons (Fsp3) is 1.00. The van der Waals surface area contributed by atoms with Gasteiger partial charge >= 0.3 is 0 Å². The zero-order valence-electron chi connectivity index (χ0n) is 5.58. The fourth-order valence-corrected chi connectivity index (χ4v) is 2.94. The number of hydrogen-bond acceptors (Lipinski definition) is 3. The molecule has 0 aromatic rings. The molecule has 0 saturated carbocycles. The summed E-state index contributed by atoms with van der Waals surface area (Å²) in [5.41, 5.74) is 0. The summed E-state index contributed by atoms with van der Waals surface area (Å²) in [6.45, 7) is 1.81. The monoisotopic (exact) mass is 184 g/mol. The fourth-order valence-electron chi connectivity index (χ4n) is 1.03. The van der Waals surface area contributed by atoms with Crippen LogP contribution in [0.15, 0.2) is 0 Å². The van der Waals surface area contributed by atoms with E-state index in [0.717, 1.165) is 0 Å². The Morgan fingerprint density at radius 2 is 2.20 bits per heavy atom. The van der Waals surface area contributed by atoms with Gasteiger partial charge in [-0.2, -0.15) is 8.42 Å². The van der Waals surface area contributed by atoms with Crippen molar-refractivity contribution >= 4 is 21.7 Å². The molecule has 5 heteroatoms. The second kappa shape index (κ2) is 2.68. The quantitative estimate of drug-likeness (QED) is 0.470. The lowest BCUT2D eigenvalue weighted by molar-refractivity contribution is 0.156. The highest BCUT2D eigenvalue weighted by Gasteiger charge is 2.45. The van der Waals surface area contributed by atoms with Crippen LogP contribution in [0.25, 0.3) is 0 Å². The summed E-state index contributed by atoms with van der Waals surface area (Å²) in [6.07, 6.45) is 0.302. The number of rotatable bonds is 2. The van der Waals surface area contributed by atoms with Crippen LogP contribution in [0.3, 0.4) is 0 Å². The maximum absolute atomic E-state index is 10.7. The van der Waals surface area contributed by atoms with E-state index in [1.54, 1.807) is 0 Å². The first-order valence-corrected chi connectivity index (χ1v) is 5.10. The van der Waals surface area contributed by atoms with E-state index >= 15 is 0 Å². The summed E-state index contributed by atoms with van der Waals surface area (Å²) in [4.78, 5) is 0. The Labute approximate surface area is 65.4 Å². The third-order valence-electron chi connectivity index (χ3n) is 1.60. The van der Waals surface area contributed by atoms with Crippen molar-refractivity contribution in [3.63, 3.8) is 0 Å². The standard InChI is InChI=1S/C5H9ClO3S/c1-2-5-4(3-6)9-10(5,7)8/h4-5H,2-3H2,1H3/t4-,5+/m0/s1. The summed E-state index contributed by atoms with van der Waals surface area (Å²) in [5.74, 6) is 0.262. The van der Waals surface area contributed by atoms with Crippen LogP contribution in [0.1, 0.15) is 13.3 Å². The smallest absolute Gasteiger partial charge is 0.264 e. The SMILES string of the molecule is CC[C@@H]1[C@H](CCl)OS1(=O)=O. The van der Waals surface area contributed by atoms with Gasteiger partial charge in [-0.1, -0.05) is 6.92 Å². The van der Waals surface area contributed by atoms with Crippen LogP contribution in [-0.4, -0.2) is 25.7 Å². The third-order valence-corrected chi connectivity index (χ3v) is 3.80. The summed E-state index contributed by atoms with van der Waals surface area (Å²) >= 11 is 5.41. The first kappa shape index (κ1) is 8.30. The normalized spacial score (nSPS) is 37.0. The molecule has 1 aliphatic heterocycles. The Morgan fingerprint density at radius 1 is 1.60 bits per heavy atom. The topological polar surface area (TPSA) is 43.4 Å². The number of alkyl halides is 1. The molecule has 0 bridgehead atoms. The van der Waals surface area contributed by atoms with Crippen LogP contribution in [0, 0.1) is 0 Å². The maximum Gasteiger partial charge on any atom is 0.273 e. The van der Waals surface area contributed by atoms with Crippen LogP contribution < -0.4 is 0 Å². The molecule has 0 N–H and O–H groups in total. The lowest BCUT2D eigenvalue weighted by Crippen LogP contribution is -2.50. The second-order valence-electron chi connectivity index (χ2n) is 2.23. The summed E-state index contributed by atoms with van der Waals surface area (Å²) in [5, 5.41) is -0.370. The van der Waals surface area contributed by atoms with Gasteiger partial charge in [-0.15, -0.1) is 11.6 Å². The van der Waals surface area contributed by atoms with Crippen molar-refractivity contribution in [3.05, 3.63) is 0 Å². The van der Waals surface area contributed by atoms with E-state index < -0.39 is 10.1 Å². The van der Waals surface area contributed by atoms with Gasteiger partial charge in [0.05, 0.1) is 5.88 Å². The van der Waals surface area contributed by atoms with Gasteiger partial charge in [0.15, 0.2) is 0 Å². The van der Waals surface area contributed by atoms with Crippen molar-refractivity contribution in [3.8, 4) is 0 Å². The molecule has 60 valence electrons. The lowest BCUT2D eigenvalue weighted by atomic mass is 10.2. The Hall–Kier alpha value is 0.200. The molecule has 0 amide bonds. The zero-order valence-corrected chi connectivity index (χ0v) is 7.15. The highest BCUT2D eigenvalue weighted by molar-refractivity contribution is 7.88. The molecule has 0 unspecified atom stereocenters. The summed E-state index contributed by atoms with van der Waals surface area (Å²) in [7, 11) is -3.22. The molecule has 1 heterocycles. The van der Waals surface area contributed by atoms with Crippen LogP contribution in [0.5, 0.6) is 0 Å². The molecule has 2 atom stereocenters. The molecule has 0 aromatic heterocycles. The average molecular weight is 185 g/mol. The van der Waals surface area contributed by atoms with E-state index in [1.165, 1.54) is 0 Å². The van der Waals surface area contributed by atoms with E-state index in [-0.39, 0.29) is 17.2 Å². The number of hydrogen-bond donors (Lipinski definition) is 0. The minimum Gasteiger partial charge on any atom is -0.264 e. The number of halogens is 1. The van der Waals surface area contributed by atoms with E-state index in [4.69, 9.17) is 11.6 Å². The first-order valence-electron chi connectivity index (χ1n) is 3.10. The molecule has 1 rings (SSSR count). The molecule has 10 heavy (non-hydrogen) atoms. The van der Waals surface area contributed by atoms with Crippen LogP contribution in [0.4, 0.5) is 0 Å². The molecule has 0 aromatic carbocycles. The van der Waals surface area contributed by atoms with Crippen molar-refractivity contribution in [2.24, 2.45) is 0 Å². The van der Waals surface area contributed by atoms with E-state index in [2.05, 4.69) is 4.18 Å². The predicted molar refractivity (Wildman–Crippen MR) is 38.6 cm³/mol. The van der Waals surface area contributed by atoms with Crippen molar-refractivity contribution in [1.29, 1.82) is 0 Å². The third kappa shape index (κ3) is 1.15. The molecule has 0 spiro atoms. The van der Waals surface area contributed by atoms with Crippen molar-refractivity contribution in [2.75, 3.05) is 5.88 Å². The largest absolute Gasteiger partial charge is 0.273 e. The van der Waals surface area contributed by atoms with Crippen molar-refractivity contribution in [1.82, 2.24) is 0 Å². The zero-order chi connectivity index (χ0) is 7.78. The second-order valence-corrected chi connectivity index (χ2v) is 4.32. The van der Waals surface area contributed by atoms with Gasteiger partial charge in [0.2, 0.25) is 0 Å². The Kier molecular flexibility index (Phi) is 2.22. The highest BCUT2D eigenvalue weighted by atomic mass is 35.5. The van der Waals surface area contributed by atoms with Crippen molar-refractivity contribution < 1.29 is 12.6 Å². The van der Waals surface area contributed by atoms with Gasteiger partial charge in [-0.25, -0.2) is 0 Å². The van der Waals surface area contributed by atoms with Gasteiger partial charge in [0.1, 0.15) is 11.4 Å². The van der Waals surface area contributed by atoms with Crippen LogP contribution >= 0.6 is 11.6 Å². The lowest BCUT2D eigenvalue weighted by Gasteiger charge is -2.33. The molecule has 3 nitrogen and oxygen atoms in total. The van der Waals surface area contributed by atoms with Gasteiger partial charge in [-0.3, -0.25) is 4.18 Å². The van der Waals surface area contributed by atoms with Gasteiger partial charge in [0, 0.05) is 0 Å². The molecule has 1 aliphatic rings. The molecule has 1 fully saturated rings. The highest BCUT2D eigenvalue weighted by Crippen LogP contribution is 2.28. The minimum absolute atomic E-state index is 0.262. The Bertz CT molecular complexity index is 211. The summed E-state index contributed by atoms with van der Waals surface area (Å²) in [6, 6.07) is 0. The molecule has 0 radical (unpaired) electrons. The summed E-state index contributed by atoms with van der Waals surface area (Å²) < 4.78 is 26.0. The van der Waals surface area contributed by atoms with Crippen LogP contribution in [0.2, 0.25) is 0 Å². The minimum atomic E-state index is -3.22. The molecular weight excluding hydrogens is 176 g/mol. The average Bonchev–Trinajstić information content (AvgIpc) is 1.84. The molecule has 1 saturated heterocycles. The van der Waals surface area contributed by atoms with Crippen LogP contribution in [-0.2, 0) is 14.3 Å². The predicted octanol–water partition coefficient (Wildman–Crippen LogP) is 0.732. The Morgan fingerprint density at radius 3 is 2.40 bits per heavy atom. The van der Waals surface area contributed by atoms with Gasteiger partial charge in [-0.05, 0) is 6.42 Å². The molecule has 0 aliphatic carbocycles. The van der Waals surface area contributed by atoms with Crippen molar-refractivity contribution in [2.45, 2.75) is 24.7 Å². The molecular formula is C5H9ClO3S. The van der Waals surface area contributed by atoms with Gasteiger partial charge < -0.3 is 0 Å². The first-order chi connectivity index (χ1) is 4.61. The van der Waals surface area contributed by atoms with Gasteiger partial charge in [0.25, 0.3) is 10.1 Å². The maximum atomic E-state index is 10.7. The Balaban J connectivity index is 2.64. The van der Waals surface area contributed by atoms with E-state index in [1.807, 2.05) is 6.92 Å². The van der Waals surface area contributed by atoms with E-state index in [9.17, 15) is 8.42 Å². The van der Waals surface area contributed by atoms with E-state index in [0.29, 0.717) is 6.42 Å².